The Morgan fingerprint density at radius 1 is 1.17 bits per heavy atom. The lowest BCUT2D eigenvalue weighted by molar-refractivity contribution is -0.116. The first-order valence-corrected chi connectivity index (χ1v) is 7.78. The molecule has 0 saturated heterocycles. The minimum atomic E-state index is -0.313. The molecule has 2 aromatic carbocycles. The van der Waals surface area contributed by atoms with E-state index in [1.165, 1.54) is 12.1 Å². The van der Waals surface area contributed by atoms with Gasteiger partial charge in [-0.25, -0.2) is 4.39 Å². The molecule has 120 valence electrons. The molecule has 5 heteroatoms. The number of aryl methyl sites for hydroxylation is 1. The molecule has 4 rings (SSSR count). The van der Waals surface area contributed by atoms with Crippen LogP contribution in [0.25, 0.3) is 10.9 Å². The standard InChI is InChI=1S/C19H15FN2O2/c20-15-8-13-2-1-7-21-19(13)14(9-15)11-24-16-5-3-12-4-6-18(23)22-17(12)10-16/h1-3,5,7-10H,4,6,11H2,(H,22,23). The molecule has 1 N–H and O–H groups in total. The Morgan fingerprint density at radius 2 is 2.08 bits per heavy atom. The van der Waals surface area contributed by atoms with Crippen molar-refractivity contribution in [1.82, 2.24) is 4.98 Å². The van der Waals surface area contributed by atoms with Crippen LogP contribution in [0, 0.1) is 5.82 Å². The number of aromatic nitrogens is 1. The molecular weight excluding hydrogens is 307 g/mol. The van der Waals surface area contributed by atoms with Crippen molar-refractivity contribution in [3.05, 3.63) is 65.6 Å². The zero-order valence-electron chi connectivity index (χ0n) is 12.9. The van der Waals surface area contributed by atoms with Crippen molar-refractivity contribution in [3.63, 3.8) is 0 Å². The molecule has 0 bridgehead atoms. The van der Waals surface area contributed by atoms with Crippen LogP contribution in [0.2, 0.25) is 0 Å². The predicted octanol–water partition coefficient (Wildman–Crippen LogP) is 3.84. The number of carbonyl (C=O) groups excluding carboxylic acids is 1. The fraction of sp³-hybridized carbons (Fsp3) is 0.158. The van der Waals surface area contributed by atoms with E-state index in [1.54, 1.807) is 18.3 Å². The number of benzene rings is 2. The van der Waals surface area contributed by atoms with Crippen LogP contribution < -0.4 is 10.1 Å². The summed E-state index contributed by atoms with van der Waals surface area (Å²) in [5, 5.41) is 3.59. The molecule has 1 aliphatic rings. The maximum atomic E-state index is 13.8. The topological polar surface area (TPSA) is 51.2 Å². The van der Waals surface area contributed by atoms with Crippen LogP contribution in [-0.4, -0.2) is 10.9 Å². The minimum Gasteiger partial charge on any atom is -0.489 e. The number of pyridine rings is 1. The highest BCUT2D eigenvalue weighted by Gasteiger charge is 2.15. The highest BCUT2D eigenvalue weighted by Crippen LogP contribution is 2.28. The van der Waals surface area contributed by atoms with Crippen LogP contribution in [0.15, 0.2) is 48.7 Å². The number of halogens is 1. The van der Waals surface area contributed by atoms with Gasteiger partial charge in [-0.1, -0.05) is 12.1 Å². The second-order valence-corrected chi connectivity index (χ2v) is 5.80. The number of hydrogen-bond acceptors (Lipinski definition) is 3. The van der Waals surface area contributed by atoms with Crippen LogP contribution >= 0.6 is 0 Å². The van der Waals surface area contributed by atoms with Crippen LogP contribution in [0.4, 0.5) is 10.1 Å². The van der Waals surface area contributed by atoms with Crippen molar-refractivity contribution in [2.75, 3.05) is 5.32 Å². The molecule has 24 heavy (non-hydrogen) atoms. The molecule has 0 fully saturated rings. The molecule has 0 atom stereocenters. The number of amides is 1. The van der Waals surface area contributed by atoms with Gasteiger partial charge in [-0.15, -0.1) is 0 Å². The molecule has 0 aliphatic carbocycles. The van der Waals surface area contributed by atoms with Crippen LogP contribution in [-0.2, 0) is 17.8 Å². The first-order valence-electron chi connectivity index (χ1n) is 7.78. The third kappa shape index (κ3) is 2.80. The number of carbonyl (C=O) groups is 1. The van der Waals surface area contributed by atoms with Crippen molar-refractivity contribution in [2.45, 2.75) is 19.4 Å². The third-order valence-electron chi connectivity index (χ3n) is 4.12. The molecular formula is C19H15FN2O2. The highest BCUT2D eigenvalue weighted by molar-refractivity contribution is 5.94. The Kier molecular flexibility index (Phi) is 3.61. The van der Waals surface area contributed by atoms with E-state index in [9.17, 15) is 9.18 Å². The van der Waals surface area contributed by atoms with E-state index in [4.69, 9.17) is 4.74 Å². The van der Waals surface area contributed by atoms with E-state index in [-0.39, 0.29) is 18.3 Å². The van der Waals surface area contributed by atoms with Gasteiger partial charge < -0.3 is 10.1 Å². The fourth-order valence-corrected chi connectivity index (χ4v) is 2.94. The second-order valence-electron chi connectivity index (χ2n) is 5.80. The summed E-state index contributed by atoms with van der Waals surface area (Å²) in [6.07, 6.45) is 2.92. The van der Waals surface area contributed by atoms with E-state index in [1.807, 2.05) is 18.2 Å². The SMILES string of the molecule is O=C1CCc2ccc(OCc3cc(F)cc4cccnc34)cc2N1. The van der Waals surface area contributed by atoms with Gasteiger partial charge in [0.1, 0.15) is 18.2 Å². The summed E-state index contributed by atoms with van der Waals surface area (Å²) in [5.74, 6) is 0.330. The van der Waals surface area contributed by atoms with Crippen molar-refractivity contribution in [1.29, 1.82) is 0 Å². The Balaban J connectivity index is 1.59. The summed E-state index contributed by atoms with van der Waals surface area (Å²) in [7, 11) is 0. The van der Waals surface area contributed by atoms with E-state index in [0.29, 0.717) is 17.7 Å². The van der Waals surface area contributed by atoms with Crippen molar-refractivity contribution in [2.24, 2.45) is 0 Å². The van der Waals surface area contributed by atoms with E-state index in [0.717, 1.165) is 28.6 Å². The Labute approximate surface area is 138 Å². The minimum absolute atomic E-state index is 0.0139. The maximum Gasteiger partial charge on any atom is 0.224 e. The zero-order valence-corrected chi connectivity index (χ0v) is 12.9. The Morgan fingerprint density at radius 3 is 3.00 bits per heavy atom. The monoisotopic (exact) mass is 322 g/mol. The summed E-state index contributed by atoms with van der Waals surface area (Å²) in [4.78, 5) is 15.8. The average Bonchev–Trinajstić information content (AvgIpc) is 2.59. The summed E-state index contributed by atoms with van der Waals surface area (Å²) < 4.78 is 19.6. The summed E-state index contributed by atoms with van der Waals surface area (Å²) in [5.41, 5.74) is 3.29. The largest absolute Gasteiger partial charge is 0.489 e. The lowest BCUT2D eigenvalue weighted by Crippen LogP contribution is -2.18. The molecule has 2 heterocycles. The van der Waals surface area contributed by atoms with Crippen molar-refractivity contribution >= 4 is 22.5 Å². The number of rotatable bonds is 3. The Hall–Kier alpha value is -2.95. The molecule has 0 spiro atoms. The van der Waals surface area contributed by atoms with Crippen molar-refractivity contribution in [3.8, 4) is 5.75 Å². The van der Waals surface area contributed by atoms with Gasteiger partial charge in [0.25, 0.3) is 0 Å². The number of nitrogens with zero attached hydrogens (tertiary/aromatic N) is 1. The zero-order chi connectivity index (χ0) is 16.5. The van der Waals surface area contributed by atoms with Gasteiger partial charge in [-0.2, -0.15) is 0 Å². The van der Waals surface area contributed by atoms with E-state index in [2.05, 4.69) is 10.3 Å². The molecule has 0 saturated carbocycles. The van der Waals surface area contributed by atoms with Crippen LogP contribution in [0.3, 0.4) is 0 Å². The fourth-order valence-electron chi connectivity index (χ4n) is 2.94. The quantitative estimate of drug-likeness (QED) is 0.797. The number of nitrogens with one attached hydrogen (secondary N) is 1. The highest BCUT2D eigenvalue weighted by atomic mass is 19.1. The molecule has 0 unspecified atom stereocenters. The van der Waals surface area contributed by atoms with Gasteiger partial charge in [0, 0.05) is 35.3 Å². The summed E-state index contributed by atoms with van der Waals surface area (Å²) in [6.45, 7) is 0.206. The van der Waals surface area contributed by atoms with Crippen molar-refractivity contribution < 1.29 is 13.9 Å². The van der Waals surface area contributed by atoms with Gasteiger partial charge in [0.2, 0.25) is 5.91 Å². The molecule has 3 aromatic rings. The third-order valence-corrected chi connectivity index (χ3v) is 4.12. The normalized spacial score (nSPS) is 13.5. The number of fused-ring (bicyclic) bond motifs is 2. The molecule has 4 nitrogen and oxygen atoms in total. The smallest absolute Gasteiger partial charge is 0.224 e. The maximum absolute atomic E-state index is 13.8. The van der Waals surface area contributed by atoms with Gasteiger partial charge >= 0.3 is 0 Å². The average molecular weight is 322 g/mol. The van der Waals surface area contributed by atoms with Gasteiger partial charge in [-0.05, 0) is 36.2 Å². The second kappa shape index (κ2) is 5.92. The van der Waals surface area contributed by atoms with E-state index < -0.39 is 0 Å². The molecule has 1 aliphatic heterocycles. The number of ether oxygens (including phenoxy) is 1. The number of anilines is 1. The molecule has 0 radical (unpaired) electrons. The van der Waals surface area contributed by atoms with Crippen LogP contribution in [0.5, 0.6) is 5.75 Å². The number of hydrogen-bond donors (Lipinski definition) is 1. The first-order chi connectivity index (χ1) is 11.7. The molecule has 1 amide bonds. The lowest BCUT2D eigenvalue weighted by Gasteiger charge is -2.18. The summed E-state index contributed by atoms with van der Waals surface area (Å²) in [6, 6.07) is 12.1. The first kappa shape index (κ1) is 14.6. The van der Waals surface area contributed by atoms with Gasteiger partial charge in [0.15, 0.2) is 0 Å². The van der Waals surface area contributed by atoms with Gasteiger partial charge in [0.05, 0.1) is 5.52 Å². The lowest BCUT2D eigenvalue weighted by atomic mass is 10.0. The van der Waals surface area contributed by atoms with Crippen LogP contribution in [0.1, 0.15) is 17.5 Å². The predicted molar refractivity (Wildman–Crippen MR) is 89.4 cm³/mol. The van der Waals surface area contributed by atoms with Gasteiger partial charge in [-0.3, -0.25) is 9.78 Å². The van der Waals surface area contributed by atoms with E-state index >= 15 is 0 Å². The summed E-state index contributed by atoms with van der Waals surface area (Å²) >= 11 is 0. The molecule has 1 aromatic heterocycles. The Bertz CT molecular complexity index is 940.